The third kappa shape index (κ3) is 4.75. The molecule has 0 radical (unpaired) electrons. The van der Waals surface area contributed by atoms with Crippen molar-refractivity contribution >= 4 is 5.82 Å². The maximum Gasteiger partial charge on any atom is 0.151 e. The fourth-order valence-electron chi connectivity index (χ4n) is 2.30. The zero-order chi connectivity index (χ0) is 14.5. The number of rotatable bonds is 8. The molecule has 1 N–H and O–H groups in total. The molecule has 4 nitrogen and oxygen atoms in total. The predicted octanol–water partition coefficient (Wildman–Crippen LogP) is 2.85. The summed E-state index contributed by atoms with van der Waals surface area (Å²) < 4.78 is 0. The van der Waals surface area contributed by atoms with Gasteiger partial charge in [-0.15, -0.1) is 5.10 Å². The Morgan fingerprint density at radius 2 is 1.90 bits per heavy atom. The molecule has 112 valence electrons. The maximum atomic E-state index is 4.43. The van der Waals surface area contributed by atoms with Gasteiger partial charge in [-0.05, 0) is 43.4 Å². The molecule has 4 heteroatoms. The SMILES string of the molecule is CC(C)CNCc1ccc(N(CC(C)C)C2CC2)nn1. The Kier molecular flexibility index (Phi) is 5.35. The minimum absolute atomic E-state index is 0.657. The number of aromatic nitrogens is 2. The molecule has 0 aliphatic heterocycles. The fraction of sp³-hybridized carbons (Fsp3) is 0.750. The van der Waals surface area contributed by atoms with Crippen molar-refractivity contribution in [2.75, 3.05) is 18.0 Å². The van der Waals surface area contributed by atoms with Crippen molar-refractivity contribution in [3.05, 3.63) is 17.8 Å². The van der Waals surface area contributed by atoms with Gasteiger partial charge in [0, 0.05) is 19.1 Å². The minimum atomic E-state index is 0.657. The average Bonchev–Trinajstić information content (AvgIpc) is 3.20. The third-order valence-electron chi connectivity index (χ3n) is 3.41. The summed E-state index contributed by atoms with van der Waals surface area (Å²) in [6, 6.07) is 4.92. The van der Waals surface area contributed by atoms with E-state index in [-0.39, 0.29) is 0 Å². The van der Waals surface area contributed by atoms with Crippen LogP contribution in [0.2, 0.25) is 0 Å². The summed E-state index contributed by atoms with van der Waals surface area (Å²) in [6.45, 7) is 11.8. The highest BCUT2D eigenvalue weighted by Gasteiger charge is 2.30. The Bertz CT molecular complexity index is 395. The van der Waals surface area contributed by atoms with Gasteiger partial charge >= 0.3 is 0 Å². The first-order chi connectivity index (χ1) is 9.56. The van der Waals surface area contributed by atoms with E-state index in [1.807, 2.05) is 0 Å². The van der Waals surface area contributed by atoms with Gasteiger partial charge in [0.05, 0.1) is 5.69 Å². The topological polar surface area (TPSA) is 41.0 Å². The Labute approximate surface area is 123 Å². The molecule has 0 unspecified atom stereocenters. The van der Waals surface area contributed by atoms with Crippen LogP contribution in [0.15, 0.2) is 12.1 Å². The van der Waals surface area contributed by atoms with E-state index < -0.39 is 0 Å². The summed E-state index contributed by atoms with van der Waals surface area (Å²) in [5, 5.41) is 12.2. The second kappa shape index (κ2) is 7.02. The lowest BCUT2D eigenvalue weighted by atomic mass is 10.2. The molecular weight excluding hydrogens is 248 g/mol. The van der Waals surface area contributed by atoms with E-state index in [1.54, 1.807) is 0 Å². The maximum absolute atomic E-state index is 4.43. The highest BCUT2D eigenvalue weighted by atomic mass is 15.3. The largest absolute Gasteiger partial charge is 0.352 e. The Hall–Kier alpha value is -1.16. The monoisotopic (exact) mass is 276 g/mol. The van der Waals surface area contributed by atoms with Crippen molar-refractivity contribution in [3.63, 3.8) is 0 Å². The van der Waals surface area contributed by atoms with Gasteiger partial charge in [-0.2, -0.15) is 5.10 Å². The smallest absolute Gasteiger partial charge is 0.151 e. The first-order valence-electron chi connectivity index (χ1n) is 7.86. The fourth-order valence-corrected chi connectivity index (χ4v) is 2.30. The highest BCUT2D eigenvalue weighted by molar-refractivity contribution is 5.40. The number of hydrogen-bond donors (Lipinski definition) is 1. The number of hydrogen-bond acceptors (Lipinski definition) is 4. The van der Waals surface area contributed by atoms with Gasteiger partial charge in [0.15, 0.2) is 5.82 Å². The van der Waals surface area contributed by atoms with Gasteiger partial charge < -0.3 is 10.2 Å². The van der Waals surface area contributed by atoms with Crippen LogP contribution in [0.4, 0.5) is 5.82 Å². The molecule has 1 aliphatic carbocycles. The van der Waals surface area contributed by atoms with Crippen LogP contribution in [0.1, 0.15) is 46.2 Å². The van der Waals surface area contributed by atoms with Crippen molar-refractivity contribution in [1.82, 2.24) is 15.5 Å². The molecule has 0 spiro atoms. The summed E-state index contributed by atoms with van der Waals surface area (Å²) in [4.78, 5) is 2.42. The first kappa shape index (κ1) is 15.2. The molecule has 1 aromatic heterocycles. The van der Waals surface area contributed by atoms with Gasteiger partial charge in [0.1, 0.15) is 0 Å². The summed E-state index contributed by atoms with van der Waals surface area (Å²) in [6.07, 6.45) is 2.60. The Morgan fingerprint density at radius 3 is 2.40 bits per heavy atom. The van der Waals surface area contributed by atoms with Crippen LogP contribution in [-0.4, -0.2) is 29.3 Å². The van der Waals surface area contributed by atoms with E-state index in [4.69, 9.17) is 0 Å². The lowest BCUT2D eigenvalue weighted by Gasteiger charge is -2.25. The summed E-state index contributed by atoms with van der Waals surface area (Å²) in [7, 11) is 0. The quantitative estimate of drug-likeness (QED) is 0.792. The van der Waals surface area contributed by atoms with Crippen LogP contribution >= 0.6 is 0 Å². The van der Waals surface area contributed by atoms with Crippen LogP contribution in [0.5, 0.6) is 0 Å². The van der Waals surface area contributed by atoms with Crippen molar-refractivity contribution in [1.29, 1.82) is 0 Å². The number of anilines is 1. The van der Waals surface area contributed by atoms with Gasteiger partial charge in [0.2, 0.25) is 0 Å². The molecule has 20 heavy (non-hydrogen) atoms. The Morgan fingerprint density at radius 1 is 1.15 bits per heavy atom. The zero-order valence-electron chi connectivity index (χ0n) is 13.3. The molecule has 1 saturated carbocycles. The second-order valence-electron chi connectivity index (χ2n) is 6.68. The molecular formula is C16H28N4. The summed E-state index contributed by atoms with van der Waals surface area (Å²) in [5.74, 6) is 2.36. The Balaban J connectivity index is 1.92. The molecule has 1 fully saturated rings. The van der Waals surface area contributed by atoms with Crippen LogP contribution in [-0.2, 0) is 6.54 Å². The average molecular weight is 276 g/mol. The standard InChI is InChI=1S/C16H28N4/c1-12(2)9-17-10-14-5-8-16(19-18-14)20(11-13(3)4)15-6-7-15/h5,8,12-13,15,17H,6-7,9-11H2,1-4H3. The van der Waals surface area contributed by atoms with E-state index in [0.717, 1.165) is 31.1 Å². The third-order valence-corrected chi connectivity index (χ3v) is 3.41. The van der Waals surface area contributed by atoms with Gasteiger partial charge in [-0.1, -0.05) is 27.7 Å². The van der Waals surface area contributed by atoms with Crippen molar-refractivity contribution < 1.29 is 0 Å². The van der Waals surface area contributed by atoms with E-state index >= 15 is 0 Å². The lowest BCUT2D eigenvalue weighted by Crippen LogP contribution is -2.31. The van der Waals surface area contributed by atoms with Crippen molar-refractivity contribution in [2.45, 2.75) is 53.1 Å². The molecule has 0 amide bonds. The molecule has 2 rings (SSSR count). The molecule has 1 aromatic rings. The summed E-state index contributed by atoms with van der Waals surface area (Å²) >= 11 is 0. The summed E-state index contributed by atoms with van der Waals surface area (Å²) in [5.41, 5.74) is 1.02. The van der Waals surface area contributed by atoms with Gasteiger partial charge in [-0.25, -0.2) is 0 Å². The lowest BCUT2D eigenvalue weighted by molar-refractivity contribution is 0.545. The molecule has 0 atom stereocenters. The minimum Gasteiger partial charge on any atom is -0.352 e. The van der Waals surface area contributed by atoms with Gasteiger partial charge in [-0.3, -0.25) is 0 Å². The van der Waals surface area contributed by atoms with Crippen LogP contribution in [0.3, 0.4) is 0 Å². The van der Waals surface area contributed by atoms with Crippen LogP contribution < -0.4 is 10.2 Å². The second-order valence-corrected chi connectivity index (χ2v) is 6.68. The molecule has 1 heterocycles. The van der Waals surface area contributed by atoms with Crippen LogP contribution in [0, 0.1) is 11.8 Å². The van der Waals surface area contributed by atoms with E-state index in [2.05, 4.69) is 60.2 Å². The molecule has 0 bridgehead atoms. The first-order valence-corrected chi connectivity index (χ1v) is 7.86. The normalized spacial score (nSPS) is 15.1. The van der Waals surface area contributed by atoms with E-state index in [1.165, 1.54) is 12.8 Å². The molecule has 1 aliphatic rings. The van der Waals surface area contributed by atoms with Gasteiger partial charge in [0.25, 0.3) is 0 Å². The molecule has 0 aromatic carbocycles. The zero-order valence-corrected chi connectivity index (χ0v) is 13.3. The molecule has 0 saturated heterocycles. The van der Waals surface area contributed by atoms with Crippen molar-refractivity contribution in [3.8, 4) is 0 Å². The van der Waals surface area contributed by atoms with Crippen molar-refractivity contribution in [2.24, 2.45) is 11.8 Å². The number of nitrogens with one attached hydrogen (secondary N) is 1. The number of nitrogens with zero attached hydrogens (tertiary/aromatic N) is 3. The van der Waals surface area contributed by atoms with E-state index in [0.29, 0.717) is 17.9 Å². The van der Waals surface area contributed by atoms with E-state index in [9.17, 15) is 0 Å². The predicted molar refractivity (Wildman–Crippen MR) is 83.8 cm³/mol. The van der Waals surface area contributed by atoms with Crippen LogP contribution in [0.25, 0.3) is 0 Å². The highest BCUT2D eigenvalue weighted by Crippen LogP contribution is 2.30.